The average molecular weight is 337 g/mol. The van der Waals surface area contributed by atoms with E-state index in [2.05, 4.69) is 10.3 Å². The van der Waals surface area contributed by atoms with Gasteiger partial charge in [-0.1, -0.05) is 0 Å². The van der Waals surface area contributed by atoms with Crippen LogP contribution in [0.2, 0.25) is 0 Å². The Kier molecular flexibility index (Phi) is 5.61. The normalized spacial score (nSPS) is 17.7. The molecule has 1 saturated heterocycles. The summed E-state index contributed by atoms with van der Waals surface area (Å²) >= 11 is 1.43. The molecule has 6 nitrogen and oxygen atoms in total. The summed E-state index contributed by atoms with van der Waals surface area (Å²) in [6.07, 6.45) is 5.19. The molecule has 0 aromatic carbocycles. The van der Waals surface area contributed by atoms with Crippen molar-refractivity contribution in [3.05, 3.63) is 11.1 Å². The second-order valence-corrected chi connectivity index (χ2v) is 7.01. The van der Waals surface area contributed by atoms with Crippen LogP contribution in [-0.2, 0) is 20.7 Å². The zero-order chi connectivity index (χ0) is 16.1. The maximum Gasteiger partial charge on any atom is 0.228 e. The summed E-state index contributed by atoms with van der Waals surface area (Å²) in [5, 5.41) is 5.46. The first-order chi connectivity index (χ1) is 11.2. The minimum Gasteiger partial charge on any atom is -0.381 e. The van der Waals surface area contributed by atoms with Gasteiger partial charge in [0.05, 0.1) is 12.1 Å². The lowest BCUT2D eigenvalue weighted by Crippen LogP contribution is -2.27. The molecule has 3 rings (SSSR count). The first-order valence-electron chi connectivity index (χ1n) is 8.31. The van der Waals surface area contributed by atoms with Crippen LogP contribution in [0.25, 0.3) is 0 Å². The summed E-state index contributed by atoms with van der Waals surface area (Å²) in [6, 6.07) is 0. The largest absolute Gasteiger partial charge is 0.381 e. The molecule has 2 amide bonds. The lowest BCUT2D eigenvalue weighted by atomic mass is 10.3. The molecule has 0 atom stereocenters. The smallest absolute Gasteiger partial charge is 0.228 e. The van der Waals surface area contributed by atoms with Crippen LogP contribution in [0.3, 0.4) is 0 Å². The van der Waals surface area contributed by atoms with Gasteiger partial charge in [0.15, 0.2) is 5.13 Å². The fraction of sp³-hybridized carbons (Fsp3) is 0.688. The predicted molar refractivity (Wildman–Crippen MR) is 88.6 cm³/mol. The molecule has 1 aliphatic heterocycles. The maximum atomic E-state index is 11.9. The van der Waals surface area contributed by atoms with Crippen molar-refractivity contribution in [3.63, 3.8) is 0 Å². The Hall–Kier alpha value is -1.47. The molecule has 0 bridgehead atoms. The Morgan fingerprint density at radius 1 is 1.48 bits per heavy atom. The van der Waals surface area contributed by atoms with E-state index in [-0.39, 0.29) is 18.2 Å². The first kappa shape index (κ1) is 16.4. The number of aromatic nitrogens is 1. The third-order valence-electron chi connectivity index (χ3n) is 4.02. The van der Waals surface area contributed by atoms with E-state index in [9.17, 15) is 9.59 Å². The number of rotatable bonds is 9. The summed E-state index contributed by atoms with van der Waals surface area (Å²) in [4.78, 5) is 29.7. The number of hydrogen-bond donors (Lipinski definition) is 1. The highest BCUT2D eigenvalue weighted by Gasteiger charge is 2.24. The van der Waals surface area contributed by atoms with Gasteiger partial charge in [-0.2, -0.15) is 0 Å². The van der Waals surface area contributed by atoms with Crippen molar-refractivity contribution >= 4 is 28.3 Å². The van der Waals surface area contributed by atoms with Crippen molar-refractivity contribution in [1.29, 1.82) is 0 Å². The molecule has 0 spiro atoms. The van der Waals surface area contributed by atoms with Gasteiger partial charge in [0.1, 0.15) is 0 Å². The minimum absolute atomic E-state index is 0.0307. The van der Waals surface area contributed by atoms with Gasteiger partial charge >= 0.3 is 0 Å². The van der Waals surface area contributed by atoms with Crippen molar-refractivity contribution in [1.82, 2.24) is 10.3 Å². The SMILES string of the molecule is O=C(Cc1csc(N2CCCC2=O)n1)NCCCOCC1CC1. The number of anilines is 1. The third-order valence-corrected chi connectivity index (χ3v) is 4.94. The van der Waals surface area contributed by atoms with Gasteiger partial charge in [-0.15, -0.1) is 11.3 Å². The summed E-state index contributed by atoms with van der Waals surface area (Å²) in [6.45, 7) is 2.93. The number of nitrogens with one attached hydrogen (secondary N) is 1. The van der Waals surface area contributed by atoms with Gasteiger partial charge < -0.3 is 10.1 Å². The second kappa shape index (κ2) is 7.88. The van der Waals surface area contributed by atoms with Crippen molar-refractivity contribution < 1.29 is 14.3 Å². The molecular formula is C16H23N3O3S. The summed E-state index contributed by atoms with van der Waals surface area (Å²) in [5.74, 6) is 0.879. The van der Waals surface area contributed by atoms with Gasteiger partial charge in [0.2, 0.25) is 11.8 Å². The molecule has 2 aliphatic rings. The van der Waals surface area contributed by atoms with Gasteiger partial charge in [-0.05, 0) is 31.6 Å². The monoisotopic (exact) mass is 337 g/mol. The van der Waals surface area contributed by atoms with Crippen LogP contribution in [0.1, 0.15) is 37.8 Å². The Morgan fingerprint density at radius 2 is 2.35 bits per heavy atom. The Morgan fingerprint density at radius 3 is 3.09 bits per heavy atom. The molecule has 1 aromatic rings. The van der Waals surface area contributed by atoms with Gasteiger partial charge in [0, 0.05) is 38.1 Å². The summed E-state index contributed by atoms with van der Waals surface area (Å²) < 4.78 is 5.53. The molecule has 2 fully saturated rings. The lowest BCUT2D eigenvalue weighted by Gasteiger charge is -2.10. The van der Waals surface area contributed by atoms with E-state index < -0.39 is 0 Å². The molecule has 0 radical (unpaired) electrons. The Bertz CT molecular complexity index is 557. The molecule has 23 heavy (non-hydrogen) atoms. The first-order valence-corrected chi connectivity index (χ1v) is 9.19. The van der Waals surface area contributed by atoms with Crippen molar-refractivity contribution in [2.45, 2.75) is 38.5 Å². The number of ether oxygens (including phenoxy) is 1. The number of amides is 2. The van der Waals surface area contributed by atoms with Crippen LogP contribution in [0.4, 0.5) is 5.13 Å². The molecule has 1 N–H and O–H groups in total. The minimum atomic E-state index is -0.0307. The molecule has 1 saturated carbocycles. The number of nitrogens with zero attached hydrogens (tertiary/aromatic N) is 2. The molecule has 1 aromatic heterocycles. The van der Waals surface area contributed by atoms with Crippen LogP contribution in [0, 0.1) is 5.92 Å². The van der Waals surface area contributed by atoms with Crippen LogP contribution >= 0.6 is 11.3 Å². The number of carbonyl (C=O) groups is 2. The molecule has 1 aliphatic carbocycles. The standard InChI is InChI=1S/C16H23N3O3S/c20-14(17-6-2-8-22-10-12-4-5-12)9-13-11-23-16(18-13)19-7-1-3-15(19)21/h11-12H,1-10H2,(H,17,20). The average Bonchev–Trinajstić information content (AvgIpc) is 3.08. The summed E-state index contributed by atoms with van der Waals surface area (Å²) in [5.41, 5.74) is 0.729. The number of carbonyl (C=O) groups excluding carboxylic acids is 2. The van der Waals surface area contributed by atoms with Crippen molar-refractivity contribution in [3.8, 4) is 0 Å². The highest BCUT2D eigenvalue weighted by atomic mass is 32.1. The van der Waals surface area contributed by atoms with Gasteiger partial charge in [0.25, 0.3) is 0 Å². The zero-order valence-electron chi connectivity index (χ0n) is 13.3. The van der Waals surface area contributed by atoms with E-state index in [1.165, 1.54) is 24.2 Å². The predicted octanol–water partition coefficient (Wildman–Crippen LogP) is 1.75. The molecule has 7 heteroatoms. The van der Waals surface area contributed by atoms with E-state index in [0.29, 0.717) is 24.7 Å². The van der Waals surface area contributed by atoms with Crippen LogP contribution < -0.4 is 10.2 Å². The van der Waals surface area contributed by atoms with E-state index in [4.69, 9.17) is 4.74 Å². The van der Waals surface area contributed by atoms with Gasteiger partial charge in [-0.3, -0.25) is 14.5 Å². The second-order valence-electron chi connectivity index (χ2n) is 6.17. The van der Waals surface area contributed by atoms with Crippen LogP contribution in [-0.4, -0.2) is 43.1 Å². The van der Waals surface area contributed by atoms with E-state index >= 15 is 0 Å². The Labute approximate surface area is 140 Å². The van der Waals surface area contributed by atoms with E-state index in [1.807, 2.05) is 5.38 Å². The number of thiazole rings is 1. The quantitative estimate of drug-likeness (QED) is 0.697. The fourth-order valence-corrected chi connectivity index (χ4v) is 3.38. The topological polar surface area (TPSA) is 71.5 Å². The van der Waals surface area contributed by atoms with Crippen LogP contribution in [0.5, 0.6) is 0 Å². The van der Waals surface area contributed by atoms with Crippen LogP contribution in [0.15, 0.2) is 5.38 Å². The van der Waals surface area contributed by atoms with E-state index in [0.717, 1.165) is 37.6 Å². The van der Waals surface area contributed by atoms with Crippen molar-refractivity contribution in [2.24, 2.45) is 5.92 Å². The maximum absolute atomic E-state index is 11.9. The number of hydrogen-bond acceptors (Lipinski definition) is 5. The highest BCUT2D eigenvalue weighted by molar-refractivity contribution is 7.14. The molecule has 0 unspecified atom stereocenters. The molecule has 126 valence electrons. The van der Waals surface area contributed by atoms with Crippen molar-refractivity contribution in [2.75, 3.05) is 31.2 Å². The Balaban J connectivity index is 1.33. The zero-order valence-corrected chi connectivity index (χ0v) is 14.1. The fourth-order valence-electron chi connectivity index (χ4n) is 2.52. The van der Waals surface area contributed by atoms with E-state index in [1.54, 1.807) is 4.90 Å². The lowest BCUT2D eigenvalue weighted by molar-refractivity contribution is -0.120. The van der Waals surface area contributed by atoms with Gasteiger partial charge in [-0.25, -0.2) is 4.98 Å². The summed E-state index contributed by atoms with van der Waals surface area (Å²) in [7, 11) is 0. The molecular weight excluding hydrogens is 314 g/mol. The molecule has 2 heterocycles. The third kappa shape index (κ3) is 5.00. The highest BCUT2D eigenvalue weighted by Crippen LogP contribution is 2.28.